The third-order valence-electron chi connectivity index (χ3n) is 4.49. The summed E-state index contributed by atoms with van der Waals surface area (Å²) in [5.74, 6) is 1.18. The molecule has 146 valence electrons. The van der Waals surface area contributed by atoms with E-state index in [1.807, 2.05) is 42.5 Å². The molecule has 4 N–H and O–H groups in total. The quantitative estimate of drug-likeness (QED) is 0.380. The molecule has 0 unspecified atom stereocenters. The smallest absolute Gasteiger partial charge is 0.224 e. The van der Waals surface area contributed by atoms with Gasteiger partial charge < -0.3 is 20.9 Å². The molecule has 2 aromatic heterocycles. The lowest BCUT2D eigenvalue weighted by atomic mass is 10.1. The van der Waals surface area contributed by atoms with Gasteiger partial charge in [-0.15, -0.1) is 0 Å². The molecule has 0 bridgehead atoms. The van der Waals surface area contributed by atoms with Crippen LogP contribution >= 0.6 is 0 Å². The maximum atomic E-state index is 11.1. The van der Waals surface area contributed by atoms with E-state index in [1.54, 1.807) is 6.20 Å². The van der Waals surface area contributed by atoms with Crippen molar-refractivity contribution in [3.05, 3.63) is 72.6 Å². The molecule has 7 heteroatoms. The van der Waals surface area contributed by atoms with E-state index in [0.29, 0.717) is 11.8 Å². The number of para-hydroxylation sites is 1. The third-order valence-corrected chi connectivity index (χ3v) is 4.49. The minimum atomic E-state index is -0.0927. The van der Waals surface area contributed by atoms with Crippen molar-refractivity contribution in [2.24, 2.45) is 0 Å². The Kier molecular flexibility index (Phi) is 5.38. The first kappa shape index (κ1) is 18.5. The predicted octanol–water partition coefficient (Wildman–Crippen LogP) is 4.31. The Morgan fingerprint density at radius 2 is 1.83 bits per heavy atom. The molecule has 0 radical (unpaired) electrons. The highest BCUT2D eigenvalue weighted by atomic mass is 16.1. The number of carbonyl (C=O) groups excluding carboxylic acids is 1. The number of aromatic nitrogens is 3. The number of benzene rings is 2. The maximum absolute atomic E-state index is 11.1. The molecule has 0 aliphatic heterocycles. The average Bonchev–Trinajstić information content (AvgIpc) is 3.13. The van der Waals surface area contributed by atoms with E-state index >= 15 is 0 Å². The molecular weight excluding hydrogens is 364 g/mol. The van der Waals surface area contributed by atoms with Gasteiger partial charge in [0.1, 0.15) is 5.82 Å². The largest absolute Gasteiger partial charge is 0.361 e. The summed E-state index contributed by atoms with van der Waals surface area (Å²) >= 11 is 0. The molecule has 29 heavy (non-hydrogen) atoms. The van der Waals surface area contributed by atoms with E-state index in [0.717, 1.165) is 29.9 Å². The topological polar surface area (TPSA) is 94.7 Å². The number of rotatable bonds is 7. The van der Waals surface area contributed by atoms with Crippen LogP contribution in [0.3, 0.4) is 0 Å². The van der Waals surface area contributed by atoms with Crippen molar-refractivity contribution in [3.8, 4) is 0 Å². The highest BCUT2D eigenvalue weighted by Gasteiger charge is 2.04. The van der Waals surface area contributed by atoms with Gasteiger partial charge >= 0.3 is 0 Å². The van der Waals surface area contributed by atoms with Gasteiger partial charge in [0.25, 0.3) is 0 Å². The predicted molar refractivity (Wildman–Crippen MR) is 117 cm³/mol. The Labute approximate surface area is 168 Å². The highest BCUT2D eigenvalue weighted by molar-refractivity contribution is 5.88. The monoisotopic (exact) mass is 386 g/mol. The second-order valence-electron chi connectivity index (χ2n) is 6.69. The zero-order chi connectivity index (χ0) is 20.1. The minimum absolute atomic E-state index is 0.0927. The Balaban J connectivity index is 1.35. The summed E-state index contributed by atoms with van der Waals surface area (Å²) in [6, 6.07) is 17.5. The maximum Gasteiger partial charge on any atom is 0.224 e. The molecule has 2 heterocycles. The lowest BCUT2D eigenvalue weighted by molar-refractivity contribution is -0.114. The summed E-state index contributed by atoms with van der Waals surface area (Å²) < 4.78 is 0. The number of hydrogen-bond acceptors (Lipinski definition) is 5. The Morgan fingerprint density at radius 3 is 2.66 bits per heavy atom. The number of H-pyrrole nitrogens is 1. The van der Waals surface area contributed by atoms with Crippen molar-refractivity contribution < 1.29 is 4.79 Å². The van der Waals surface area contributed by atoms with Crippen molar-refractivity contribution in [2.45, 2.75) is 13.3 Å². The van der Waals surface area contributed by atoms with Gasteiger partial charge in [-0.3, -0.25) is 4.79 Å². The molecule has 2 aromatic carbocycles. The minimum Gasteiger partial charge on any atom is -0.361 e. The Hall–Kier alpha value is -3.87. The number of hydrogen-bond donors (Lipinski definition) is 4. The van der Waals surface area contributed by atoms with Gasteiger partial charge in [0.15, 0.2) is 0 Å². The SMILES string of the molecule is CC(=O)Nc1ccc(Nc2ccnc(NCCc3c[nH]c4ccccc34)n2)cc1. The number of anilines is 4. The molecule has 0 aliphatic rings. The highest BCUT2D eigenvalue weighted by Crippen LogP contribution is 2.19. The van der Waals surface area contributed by atoms with Crippen LogP contribution in [0, 0.1) is 0 Å². The first-order chi connectivity index (χ1) is 14.2. The molecule has 4 rings (SSSR count). The van der Waals surface area contributed by atoms with Gasteiger partial charge in [-0.05, 0) is 48.4 Å². The van der Waals surface area contributed by atoms with Gasteiger partial charge in [0.2, 0.25) is 11.9 Å². The molecule has 7 nitrogen and oxygen atoms in total. The van der Waals surface area contributed by atoms with Crippen LogP contribution in [0.2, 0.25) is 0 Å². The summed E-state index contributed by atoms with van der Waals surface area (Å²) in [6.07, 6.45) is 4.64. The van der Waals surface area contributed by atoms with E-state index in [4.69, 9.17) is 0 Å². The number of fused-ring (bicyclic) bond motifs is 1. The fourth-order valence-corrected chi connectivity index (χ4v) is 3.15. The van der Waals surface area contributed by atoms with Crippen molar-refractivity contribution >= 4 is 40.0 Å². The van der Waals surface area contributed by atoms with E-state index in [9.17, 15) is 4.79 Å². The van der Waals surface area contributed by atoms with Gasteiger partial charge in [0.05, 0.1) is 0 Å². The molecule has 0 saturated heterocycles. The molecule has 0 fully saturated rings. The number of carbonyl (C=O) groups is 1. The number of aromatic amines is 1. The van der Waals surface area contributed by atoms with Crippen LogP contribution in [-0.2, 0) is 11.2 Å². The van der Waals surface area contributed by atoms with Crippen LogP contribution in [0.5, 0.6) is 0 Å². The van der Waals surface area contributed by atoms with E-state index in [2.05, 4.69) is 49.2 Å². The lowest BCUT2D eigenvalue weighted by Crippen LogP contribution is -2.08. The van der Waals surface area contributed by atoms with Crippen LogP contribution in [0.25, 0.3) is 10.9 Å². The Bertz CT molecular complexity index is 1120. The average molecular weight is 386 g/mol. The van der Waals surface area contributed by atoms with Crippen molar-refractivity contribution in [1.82, 2.24) is 15.0 Å². The second kappa shape index (κ2) is 8.43. The van der Waals surface area contributed by atoms with Crippen LogP contribution in [0.15, 0.2) is 67.0 Å². The fraction of sp³-hybridized carbons (Fsp3) is 0.136. The van der Waals surface area contributed by atoms with Gasteiger partial charge in [0, 0.05) is 48.1 Å². The number of nitrogens with one attached hydrogen (secondary N) is 4. The lowest BCUT2D eigenvalue weighted by Gasteiger charge is -2.09. The van der Waals surface area contributed by atoms with Crippen molar-refractivity contribution in [3.63, 3.8) is 0 Å². The zero-order valence-electron chi connectivity index (χ0n) is 16.1. The molecule has 1 amide bonds. The van der Waals surface area contributed by atoms with E-state index in [1.165, 1.54) is 17.9 Å². The molecule has 4 aromatic rings. The van der Waals surface area contributed by atoms with Crippen molar-refractivity contribution in [2.75, 3.05) is 22.5 Å². The van der Waals surface area contributed by atoms with E-state index < -0.39 is 0 Å². The summed E-state index contributed by atoms with van der Waals surface area (Å²) in [7, 11) is 0. The Morgan fingerprint density at radius 1 is 1.03 bits per heavy atom. The summed E-state index contributed by atoms with van der Waals surface area (Å²) in [4.78, 5) is 23.2. The first-order valence-electron chi connectivity index (χ1n) is 9.44. The van der Waals surface area contributed by atoms with Gasteiger partial charge in [-0.25, -0.2) is 4.98 Å². The third kappa shape index (κ3) is 4.70. The van der Waals surface area contributed by atoms with Gasteiger partial charge in [-0.1, -0.05) is 18.2 Å². The van der Waals surface area contributed by atoms with Crippen molar-refractivity contribution in [1.29, 1.82) is 0 Å². The fourth-order valence-electron chi connectivity index (χ4n) is 3.15. The standard InChI is InChI=1S/C22H22N6O/c1-15(29)26-17-6-8-18(9-7-17)27-21-11-13-24-22(28-21)23-12-10-16-14-25-20-5-3-2-4-19(16)20/h2-9,11,13-14,25H,10,12H2,1H3,(H,26,29)(H2,23,24,27,28). The van der Waals surface area contributed by atoms with Crippen LogP contribution in [-0.4, -0.2) is 27.4 Å². The number of amides is 1. The van der Waals surface area contributed by atoms with E-state index in [-0.39, 0.29) is 5.91 Å². The summed E-state index contributed by atoms with van der Waals surface area (Å²) in [5.41, 5.74) is 4.05. The molecule has 0 spiro atoms. The number of nitrogens with zero attached hydrogens (tertiary/aromatic N) is 2. The second-order valence-corrected chi connectivity index (χ2v) is 6.69. The van der Waals surface area contributed by atoms with Crippen LogP contribution < -0.4 is 16.0 Å². The molecular formula is C22H22N6O. The summed E-state index contributed by atoms with van der Waals surface area (Å²) in [5, 5.41) is 10.5. The molecule has 0 aliphatic carbocycles. The van der Waals surface area contributed by atoms with Crippen LogP contribution in [0.4, 0.5) is 23.1 Å². The zero-order valence-corrected chi connectivity index (χ0v) is 16.1. The summed E-state index contributed by atoms with van der Waals surface area (Å²) in [6.45, 7) is 2.22. The molecule has 0 saturated carbocycles. The normalized spacial score (nSPS) is 10.7. The molecule has 0 atom stereocenters. The first-order valence-corrected chi connectivity index (χ1v) is 9.44. The van der Waals surface area contributed by atoms with Crippen LogP contribution in [0.1, 0.15) is 12.5 Å². The van der Waals surface area contributed by atoms with Gasteiger partial charge in [-0.2, -0.15) is 4.98 Å².